The number of carboxylic acid groups (broad SMARTS) is 1. The van der Waals surface area contributed by atoms with Crippen LogP contribution in [0.4, 0.5) is 4.39 Å². The number of rotatable bonds is 8. The fraction of sp³-hybridized carbons (Fsp3) is 0.526. The maximum absolute atomic E-state index is 14.6. The third-order valence-electron chi connectivity index (χ3n) is 4.01. The Kier molecular flexibility index (Phi) is 7.24. The number of thiol groups is 1. The van der Waals surface area contributed by atoms with E-state index in [0.29, 0.717) is 36.3 Å². The third kappa shape index (κ3) is 6.86. The summed E-state index contributed by atoms with van der Waals surface area (Å²) in [6, 6.07) is 3.03. The van der Waals surface area contributed by atoms with Gasteiger partial charge in [0.25, 0.3) is 0 Å². The maximum Gasteiger partial charge on any atom is 0.303 e. The molecule has 148 valence electrons. The van der Waals surface area contributed by atoms with Gasteiger partial charge in [0.05, 0.1) is 12.3 Å². The molecule has 0 fully saturated rings. The number of aryl methyl sites for hydroxylation is 1. The van der Waals surface area contributed by atoms with E-state index >= 15 is 0 Å². The molecule has 2 N–H and O–H groups in total. The van der Waals surface area contributed by atoms with Crippen LogP contribution in [-0.4, -0.2) is 34.0 Å². The van der Waals surface area contributed by atoms with Crippen molar-refractivity contribution in [2.45, 2.75) is 57.1 Å². The second-order valence-electron chi connectivity index (χ2n) is 7.22. The topological polar surface area (TPSA) is 88.0 Å². The van der Waals surface area contributed by atoms with Gasteiger partial charge in [0.15, 0.2) is 0 Å². The quantitative estimate of drug-likeness (QED) is 0.357. The first-order valence-electron chi connectivity index (χ1n) is 8.91. The van der Waals surface area contributed by atoms with Gasteiger partial charge in [-0.25, -0.2) is 9.82 Å². The number of hydrogen-bond donors (Lipinski definition) is 3. The van der Waals surface area contributed by atoms with Gasteiger partial charge in [-0.1, -0.05) is 13.8 Å². The SMILES string of the molecule is CC(C)(S)CC(=O)NN=C1CCCc2cc(OCCCC(=O)O)cc(F)c21. The van der Waals surface area contributed by atoms with Crippen LogP contribution in [0.3, 0.4) is 0 Å². The number of fused-ring (bicyclic) bond motifs is 1. The first kappa shape index (κ1) is 21.2. The van der Waals surface area contributed by atoms with Crippen molar-refractivity contribution in [3.63, 3.8) is 0 Å². The second-order valence-corrected chi connectivity index (χ2v) is 8.43. The minimum Gasteiger partial charge on any atom is -0.493 e. The Hall–Kier alpha value is -2.09. The van der Waals surface area contributed by atoms with Gasteiger partial charge < -0.3 is 9.84 Å². The molecule has 8 heteroatoms. The molecule has 0 saturated carbocycles. The predicted octanol–water partition coefficient (Wildman–Crippen LogP) is 3.32. The highest BCUT2D eigenvalue weighted by atomic mass is 32.1. The molecule has 0 spiro atoms. The molecule has 0 saturated heterocycles. The highest BCUT2D eigenvalue weighted by Crippen LogP contribution is 2.29. The molecule has 1 aliphatic carbocycles. The largest absolute Gasteiger partial charge is 0.493 e. The lowest BCUT2D eigenvalue weighted by atomic mass is 9.89. The fourth-order valence-electron chi connectivity index (χ4n) is 2.90. The van der Waals surface area contributed by atoms with Crippen LogP contribution < -0.4 is 10.2 Å². The van der Waals surface area contributed by atoms with Gasteiger partial charge in [-0.05, 0) is 37.3 Å². The van der Waals surface area contributed by atoms with E-state index in [4.69, 9.17) is 9.84 Å². The average Bonchev–Trinajstić information content (AvgIpc) is 2.55. The van der Waals surface area contributed by atoms with Gasteiger partial charge >= 0.3 is 5.97 Å². The Morgan fingerprint density at radius 3 is 2.78 bits per heavy atom. The van der Waals surface area contributed by atoms with Crippen LogP contribution in [0.1, 0.15) is 57.1 Å². The van der Waals surface area contributed by atoms with Crippen LogP contribution in [0.5, 0.6) is 5.75 Å². The van der Waals surface area contributed by atoms with Crippen molar-refractivity contribution in [1.29, 1.82) is 0 Å². The second kappa shape index (κ2) is 9.21. The molecule has 1 aromatic carbocycles. The van der Waals surface area contributed by atoms with Gasteiger partial charge in [0, 0.05) is 29.2 Å². The van der Waals surface area contributed by atoms with E-state index in [1.54, 1.807) is 6.07 Å². The van der Waals surface area contributed by atoms with E-state index in [1.807, 2.05) is 13.8 Å². The summed E-state index contributed by atoms with van der Waals surface area (Å²) < 4.78 is 19.7. The summed E-state index contributed by atoms with van der Waals surface area (Å²) in [5, 5.41) is 12.8. The zero-order chi connectivity index (χ0) is 20.0. The molecule has 0 radical (unpaired) electrons. The van der Waals surface area contributed by atoms with Crippen molar-refractivity contribution >= 4 is 30.2 Å². The van der Waals surface area contributed by atoms with Gasteiger partial charge in [-0.3, -0.25) is 9.59 Å². The highest BCUT2D eigenvalue weighted by molar-refractivity contribution is 7.81. The molecule has 1 aliphatic rings. The number of hydrogen-bond acceptors (Lipinski definition) is 5. The predicted molar refractivity (Wildman–Crippen MR) is 104 cm³/mol. The number of benzene rings is 1. The number of carbonyl (C=O) groups excluding carboxylic acids is 1. The van der Waals surface area contributed by atoms with Crippen molar-refractivity contribution in [2.24, 2.45) is 5.10 Å². The minimum atomic E-state index is -0.889. The lowest BCUT2D eigenvalue weighted by molar-refractivity contribution is -0.137. The molecule has 0 atom stereocenters. The Balaban J connectivity index is 2.09. The van der Waals surface area contributed by atoms with Crippen LogP contribution in [0.15, 0.2) is 17.2 Å². The minimum absolute atomic E-state index is 0.00696. The van der Waals surface area contributed by atoms with Gasteiger partial charge in [-0.2, -0.15) is 17.7 Å². The molecule has 0 aliphatic heterocycles. The number of ether oxygens (including phenoxy) is 1. The van der Waals surface area contributed by atoms with Crippen molar-refractivity contribution in [3.8, 4) is 5.75 Å². The molecule has 6 nitrogen and oxygen atoms in total. The van der Waals surface area contributed by atoms with Crippen molar-refractivity contribution in [1.82, 2.24) is 5.43 Å². The number of nitrogens with zero attached hydrogens (tertiary/aromatic N) is 1. The zero-order valence-electron chi connectivity index (χ0n) is 15.5. The average molecular weight is 396 g/mol. The van der Waals surface area contributed by atoms with Crippen molar-refractivity contribution in [2.75, 3.05) is 6.61 Å². The molecule has 27 heavy (non-hydrogen) atoms. The van der Waals surface area contributed by atoms with E-state index in [1.165, 1.54) is 6.07 Å². The molecule has 1 aromatic rings. The summed E-state index contributed by atoms with van der Waals surface area (Å²) in [7, 11) is 0. The molecular weight excluding hydrogens is 371 g/mol. The van der Waals surface area contributed by atoms with Crippen molar-refractivity contribution in [3.05, 3.63) is 29.1 Å². The number of aliphatic carboxylic acids is 1. The van der Waals surface area contributed by atoms with Crippen LogP contribution in [0, 0.1) is 5.82 Å². The van der Waals surface area contributed by atoms with Gasteiger partial charge in [0.1, 0.15) is 11.6 Å². The first-order valence-corrected chi connectivity index (χ1v) is 9.35. The van der Waals surface area contributed by atoms with E-state index in [-0.39, 0.29) is 25.4 Å². The van der Waals surface area contributed by atoms with Crippen LogP contribution >= 0.6 is 12.6 Å². The Morgan fingerprint density at radius 2 is 2.11 bits per heavy atom. The smallest absolute Gasteiger partial charge is 0.303 e. The number of amides is 1. The molecular formula is C19H25FN2O4S. The summed E-state index contributed by atoms with van der Waals surface area (Å²) in [4.78, 5) is 22.4. The molecule has 0 unspecified atom stereocenters. The van der Waals surface area contributed by atoms with Crippen LogP contribution in [-0.2, 0) is 16.0 Å². The van der Waals surface area contributed by atoms with Crippen LogP contribution in [0.25, 0.3) is 0 Å². The van der Waals surface area contributed by atoms with Gasteiger partial charge in [0.2, 0.25) is 5.91 Å². The summed E-state index contributed by atoms with van der Waals surface area (Å²) in [6.07, 6.45) is 2.62. The number of hydrazone groups is 1. The highest BCUT2D eigenvalue weighted by Gasteiger charge is 2.22. The van der Waals surface area contributed by atoms with E-state index < -0.39 is 16.5 Å². The lowest BCUT2D eigenvalue weighted by Crippen LogP contribution is -2.28. The normalized spacial score (nSPS) is 15.3. The number of carboxylic acids is 1. The van der Waals surface area contributed by atoms with E-state index in [9.17, 15) is 14.0 Å². The Labute approximate surface area is 163 Å². The molecule has 0 bridgehead atoms. The van der Waals surface area contributed by atoms with Crippen LogP contribution in [0.2, 0.25) is 0 Å². The Bertz CT molecular complexity index is 744. The van der Waals surface area contributed by atoms with Gasteiger partial charge in [-0.15, -0.1) is 0 Å². The Morgan fingerprint density at radius 1 is 1.37 bits per heavy atom. The van der Waals surface area contributed by atoms with E-state index in [2.05, 4.69) is 23.2 Å². The number of nitrogens with one attached hydrogen (secondary N) is 1. The molecule has 1 amide bonds. The standard InChI is InChI=1S/C19H25FN2O4S/c1-19(2,27)11-16(23)22-21-15-6-3-5-12-9-13(10-14(20)18(12)15)26-8-4-7-17(24)25/h9-10,27H,3-8,11H2,1-2H3,(H,22,23)(H,24,25). The third-order valence-corrected chi connectivity index (χ3v) is 4.16. The lowest BCUT2D eigenvalue weighted by Gasteiger charge is -2.20. The monoisotopic (exact) mass is 396 g/mol. The number of halogens is 1. The van der Waals surface area contributed by atoms with E-state index in [0.717, 1.165) is 12.0 Å². The summed E-state index contributed by atoms with van der Waals surface area (Å²) in [6.45, 7) is 3.87. The zero-order valence-corrected chi connectivity index (χ0v) is 16.4. The molecule has 2 rings (SSSR count). The summed E-state index contributed by atoms with van der Waals surface area (Å²) in [5.41, 5.74) is 4.18. The van der Waals surface area contributed by atoms with Crippen molar-refractivity contribution < 1.29 is 23.8 Å². The summed E-state index contributed by atoms with van der Waals surface area (Å²) >= 11 is 4.32. The molecule has 0 heterocycles. The number of carbonyl (C=O) groups is 2. The molecule has 0 aromatic heterocycles. The first-order chi connectivity index (χ1) is 12.7. The summed E-state index contributed by atoms with van der Waals surface area (Å²) in [5.74, 6) is -1.24. The fourth-order valence-corrected chi connectivity index (χ4v) is 3.04. The maximum atomic E-state index is 14.6.